The normalized spacial score (nSPS) is 36.5. The number of nitrogens with zero attached hydrogens (tertiary/aromatic N) is 2. The van der Waals surface area contributed by atoms with Gasteiger partial charge in [-0.25, -0.2) is 4.79 Å². The standard InChI is InChI=1S/C20H28N2O2/c1-20-11-16-13-22(12-14-6-5-7-15(10-14)19(23)24)18(20)9-4-3-8-17(20)21(16)2/h5-7,10,16-18H,3-4,8-9,11-13H2,1-2H3,(H,23,24)/t16-,17-,18+,20-/m0/s1. The molecule has 1 aromatic carbocycles. The number of likely N-dealkylation sites (N-methyl/N-ethyl adjacent to an activating group) is 1. The van der Waals surface area contributed by atoms with Crippen LogP contribution in [0.3, 0.4) is 0 Å². The summed E-state index contributed by atoms with van der Waals surface area (Å²) in [4.78, 5) is 16.5. The van der Waals surface area contributed by atoms with Gasteiger partial charge < -0.3 is 5.11 Å². The third-order valence-electron chi connectivity index (χ3n) is 6.92. The van der Waals surface area contributed by atoms with Gasteiger partial charge in [0.05, 0.1) is 5.56 Å². The van der Waals surface area contributed by atoms with Crippen molar-refractivity contribution in [3.63, 3.8) is 0 Å². The van der Waals surface area contributed by atoms with Crippen LogP contribution in [0.4, 0.5) is 0 Å². The molecular weight excluding hydrogens is 300 g/mol. The highest BCUT2D eigenvalue weighted by atomic mass is 16.4. The molecule has 4 rings (SSSR count). The summed E-state index contributed by atoms with van der Waals surface area (Å²) in [6, 6.07) is 9.47. The molecule has 2 heterocycles. The summed E-state index contributed by atoms with van der Waals surface area (Å²) in [6.07, 6.45) is 6.61. The largest absolute Gasteiger partial charge is 0.478 e. The predicted octanol–water partition coefficient (Wildman–Crippen LogP) is 3.22. The van der Waals surface area contributed by atoms with E-state index < -0.39 is 5.97 Å². The SMILES string of the molecule is CN1[C@@H]2CN(Cc3cccc(C(=O)O)c3)[C@@H]3CCCC[C@H]1[C@]3(C)C2. The van der Waals surface area contributed by atoms with E-state index in [9.17, 15) is 9.90 Å². The molecular formula is C20H28N2O2. The minimum Gasteiger partial charge on any atom is -0.478 e. The molecule has 1 aliphatic carbocycles. The Kier molecular flexibility index (Phi) is 3.92. The lowest BCUT2D eigenvalue weighted by Crippen LogP contribution is -2.53. The lowest BCUT2D eigenvalue weighted by atomic mass is 9.71. The highest BCUT2D eigenvalue weighted by Crippen LogP contribution is 2.52. The summed E-state index contributed by atoms with van der Waals surface area (Å²) in [5, 5.41) is 9.24. The number of carbonyl (C=O) groups is 1. The van der Waals surface area contributed by atoms with Gasteiger partial charge in [0.15, 0.2) is 0 Å². The Balaban J connectivity index is 1.62. The highest BCUT2D eigenvalue weighted by molar-refractivity contribution is 5.87. The molecule has 2 saturated heterocycles. The fourth-order valence-corrected chi connectivity index (χ4v) is 5.81. The zero-order valence-electron chi connectivity index (χ0n) is 14.7. The molecule has 1 N–H and O–H groups in total. The summed E-state index contributed by atoms with van der Waals surface area (Å²) < 4.78 is 0. The van der Waals surface area contributed by atoms with Gasteiger partial charge in [-0.3, -0.25) is 9.80 Å². The van der Waals surface area contributed by atoms with Crippen molar-refractivity contribution in [3.05, 3.63) is 35.4 Å². The molecule has 1 saturated carbocycles. The second-order valence-corrected chi connectivity index (χ2v) is 8.28. The van der Waals surface area contributed by atoms with Gasteiger partial charge in [-0.2, -0.15) is 0 Å². The zero-order valence-corrected chi connectivity index (χ0v) is 14.7. The number of fused-ring (bicyclic) bond motifs is 1. The lowest BCUT2D eigenvalue weighted by Gasteiger charge is -2.47. The van der Waals surface area contributed by atoms with E-state index in [0.717, 1.165) is 18.7 Å². The summed E-state index contributed by atoms with van der Waals surface area (Å²) in [6.45, 7) is 4.49. The molecule has 4 nitrogen and oxygen atoms in total. The molecule has 3 fully saturated rings. The Hall–Kier alpha value is -1.39. The Bertz CT molecular complexity index is 646. The van der Waals surface area contributed by atoms with Gasteiger partial charge in [-0.1, -0.05) is 31.9 Å². The zero-order chi connectivity index (χ0) is 16.9. The van der Waals surface area contributed by atoms with E-state index in [1.807, 2.05) is 12.1 Å². The smallest absolute Gasteiger partial charge is 0.335 e. The first kappa shape index (κ1) is 16.1. The molecule has 2 bridgehead atoms. The average molecular weight is 328 g/mol. The molecule has 0 unspecified atom stereocenters. The number of hydrogen-bond donors (Lipinski definition) is 1. The Labute approximate surface area is 144 Å². The monoisotopic (exact) mass is 328 g/mol. The number of likely N-dealkylation sites (tertiary alicyclic amines) is 2. The van der Waals surface area contributed by atoms with E-state index in [4.69, 9.17) is 0 Å². The Morgan fingerprint density at radius 3 is 2.79 bits per heavy atom. The van der Waals surface area contributed by atoms with Crippen molar-refractivity contribution < 1.29 is 9.90 Å². The van der Waals surface area contributed by atoms with Gasteiger partial charge in [0.2, 0.25) is 0 Å². The van der Waals surface area contributed by atoms with Crippen molar-refractivity contribution in [2.45, 2.75) is 63.7 Å². The first-order valence-corrected chi connectivity index (χ1v) is 9.27. The van der Waals surface area contributed by atoms with E-state index in [2.05, 4.69) is 29.8 Å². The quantitative estimate of drug-likeness (QED) is 0.925. The average Bonchev–Trinajstić information content (AvgIpc) is 2.67. The number of piperidine rings is 1. The summed E-state index contributed by atoms with van der Waals surface area (Å²) in [7, 11) is 2.32. The maximum Gasteiger partial charge on any atom is 0.335 e. The van der Waals surface area contributed by atoms with E-state index in [1.165, 1.54) is 32.1 Å². The fourth-order valence-electron chi connectivity index (χ4n) is 5.81. The van der Waals surface area contributed by atoms with E-state index in [0.29, 0.717) is 29.1 Å². The number of rotatable bonds is 3. The predicted molar refractivity (Wildman–Crippen MR) is 94.1 cm³/mol. The molecule has 4 atom stereocenters. The molecule has 0 amide bonds. The molecule has 130 valence electrons. The lowest BCUT2D eigenvalue weighted by molar-refractivity contribution is 0.0324. The first-order valence-electron chi connectivity index (χ1n) is 9.27. The summed E-state index contributed by atoms with van der Waals surface area (Å²) in [5.74, 6) is -0.836. The van der Waals surface area contributed by atoms with Crippen LogP contribution in [0.15, 0.2) is 24.3 Å². The Morgan fingerprint density at radius 2 is 2.04 bits per heavy atom. The number of aromatic carboxylic acids is 1. The minimum atomic E-state index is -0.836. The van der Waals surface area contributed by atoms with E-state index >= 15 is 0 Å². The van der Waals surface area contributed by atoms with E-state index in [-0.39, 0.29) is 0 Å². The van der Waals surface area contributed by atoms with Gasteiger partial charge in [-0.05, 0) is 44.0 Å². The third-order valence-corrected chi connectivity index (χ3v) is 6.92. The molecule has 1 aromatic rings. The maximum absolute atomic E-state index is 11.3. The number of carboxylic acid groups (broad SMARTS) is 1. The first-order chi connectivity index (χ1) is 11.5. The van der Waals surface area contributed by atoms with Crippen molar-refractivity contribution in [1.82, 2.24) is 9.80 Å². The molecule has 0 spiro atoms. The molecule has 0 radical (unpaired) electrons. The van der Waals surface area contributed by atoms with Crippen LogP contribution in [0, 0.1) is 5.41 Å². The van der Waals surface area contributed by atoms with Crippen LogP contribution in [0.1, 0.15) is 54.9 Å². The maximum atomic E-state index is 11.3. The molecule has 4 heteroatoms. The van der Waals surface area contributed by atoms with Crippen LogP contribution in [-0.2, 0) is 6.54 Å². The summed E-state index contributed by atoms with van der Waals surface area (Å²) in [5.41, 5.74) is 1.91. The minimum absolute atomic E-state index is 0.387. The third kappa shape index (κ3) is 2.47. The van der Waals surface area contributed by atoms with E-state index in [1.54, 1.807) is 6.07 Å². The van der Waals surface area contributed by atoms with Gasteiger partial charge >= 0.3 is 5.97 Å². The van der Waals surface area contributed by atoms with Gasteiger partial charge in [0.25, 0.3) is 0 Å². The fraction of sp³-hybridized carbons (Fsp3) is 0.650. The molecule has 0 aromatic heterocycles. The Morgan fingerprint density at radius 1 is 1.29 bits per heavy atom. The molecule has 3 aliphatic rings. The van der Waals surface area contributed by atoms with Gasteiger partial charge in [0.1, 0.15) is 0 Å². The second kappa shape index (κ2) is 5.85. The van der Waals surface area contributed by atoms with Gasteiger partial charge in [-0.15, -0.1) is 0 Å². The topological polar surface area (TPSA) is 43.8 Å². The molecule has 24 heavy (non-hydrogen) atoms. The molecule has 2 aliphatic heterocycles. The summed E-state index contributed by atoms with van der Waals surface area (Å²) >= 11 is 0. The highest BCUT2D eigenvalue weighted by Gasteiger charge is 2.57. The van der Waals surface area contributed by atoms with Crippen molar-refractivity contribution in [2.75, 3.05) is 13.6 Å². The number of carboxylic acids is 1. The van der Waals surface area contributed by atoms with Crippen molar-refractivity contribution >= 4 is 5.97 Å². The van der Waals surface area contributed by atoms with Crippen LogP contribution in [0.2, 0.25) is 0 Å². The van der Waals surface area contributed by atoms with Crippen molar-refractivity contribution in [2.24, 2.45) is 5.41 Å². The van der Waals surface area contributed by atoms with Gasteiger partial charge in [0, 0.05) is 36.6 Å². The van der Waals surface area contributed by atoms with Crippen LogP contribution >= 0.6 is 0 Å². The van der Waals surface area contributed by atoms with Crippen LogP contribution in [0.5, 0.6) is 0 Å². The van der Waals surface area contributed by atoms with Crippen LogP contribution < -0.4 is 0 Å². The van der Waals surface area contributed by atoms with Crippen LogP contribution in [-0.4, -0.2) is 52.6 Å². The second-order valence-electron chi connectivity index (χ2n) is 8.28. The number of benzene rings is 1. The van der Waals surface area contributed by atoms with Crippen LogP contribution in [0.25, 0.3) is 0 Å². The van der Waals surface area contributed by atoms with Crippen molar-refractivity contribution in [1.29, 1.82) is 0 Å². The number of hydrogen-bond acceptors (Lipinski definition) is 3. The van der Waals surface area contributed by atoms with Crippen molar-refractivity contribution in [3.8, 4) is 0 Å².